The number of fused-ring (bicyclic) bond motifs is 1. The fourth-order valence-corrected chi connectivity index (χ4v) is 3.35. The predicted octanol–water partition coefficient (Wildman–Crippen LogP) is 5.06. The van der Waals surface area contributed by atoms with Crippen molar-refractivity contribution in [1.82, 2.24) is 4.98 Å². The molecule has 0 saturated heterocycles. The number of hydrogen-bond donors (Lipinski definition) is 2. The van der Waals surface area contributed by atoms with Crippen LogP contribution >= 0.6 is 0 Å². The minimum absolute atomic E-state index is 0.0398. The monoisotopic (exact) mass is 369 g/mol. The Hall–Kier alpha value is -3.66. The third-order valence-electron chi connectivity index (χ3n) is 4.74. The molecule has 0 fully saturated rings. The summed E-state index contributed by atoms with van der Waals surface area (Å²) in [6.45, 7) is 0.554. The molecule has 28 heavy (non-hydrogen) atoms. The van der Waals surface area contributed by atoms with E-state index in [1.54, 1.807) is 0 Å². The van der Waals surface area contributed by atoms with Gasteiger partial charge in [-0.1, -0.05) is 72.8 Å². The van der Waals surface area contributed by atoms with Crippen molar-refractivity contribution in [2.45, 2.75) is 13.0 Å². The van der Waals surface area contributed by atoms with E-state index in [1.165, 1.54) is 0 Å². The number of hydrogen-bond acceptors (Lipinski definition) is 2. The molecule has 0 saturated carbocycles. The molecule has 4 heteroatoms. The highest BCUT2D eigenvalue weighted by molar-refractivity contribution is 6.03. The van der Waals surface area contributed by atoms with Gasteiger partial charge in [0.2, 0.25) is 0 Å². The van der Waals surface area contributed by atoms with Crippen LogP contribution in [-0.4, -0.2) is 26.7 Å². The molecular weight excluding hydrogens is 348 g/mol. The molecule has 0 aliphatic heterocycles. The zero-order chi connectivity index (χ0) is 19.3. The molecule has 4 nitrogen and oxygen atoms in total. The van der Waals surface area contributed by atoms with E-state index >= 15 is 0 Å². The average molecular weight is 369 g/mol. The SMILES string of the molecule is O=C(CC=[N+](Cc1ccccc1)c1c(O)[nH]c2ccccc12)c1ccccc1. The van der Waals surface area contributed by atoms with E-state index in [4.69, 9.17) is 0 Å². The third kappa shape index (κ3) is 3.71. The maximum atomic E-state index is 12.6. The maximum Gasteiger partial charge on any atom is 0.275 e. The molecule has 0 unspecified atom stereocenters. The van der Waals surface area contributed by atoms with Gasteiger partial charge in [-0.2, -0.15) is 4.58 Å². The van der Waals surface area contributed by atoms with Crippen LogP contribution in [0.25, 0.3) is 10.9 Å². The first-order valence-electron chi connectivity index (χ1n) is 9.24. The molecule has 4 aromatic rings. The standard InChI is InChI=1S/C24H20N2O2/c27-22(19-11-5-2-6-12-19)15-16-26(17-18-9-3-1-4-10-18)23-20-13-7-8-14-21(20)25-24(23)28/h1-14,16,25H,15,17H2/p+1. The van der Waals surface area contributed by atoms with Gasteiger partial charge in [0.15, 0.2) is 18.5 Å². The van der Waals surface area contributed by atoms with Crippen molar-refractivity contribution in [2.75, 3.05) is 0 Å². The summed E-state index contributed by atoms with van der Waals surface area (Å²) in [5.41, 5.74) is 3.31. The van der Waals surface area contributed by atoms with Crippen LogP contribution in [0.2, 0.25) is 0 Å². The number of Topliss-reactive ketones (excluding diaryl/α,β-unsaturated/α-hetero) is 1. The fraction of sp³-hybridized carbons (Fsp3) is 0.0833. The third-order valence-corrected chi connectivity index (χ3v) is 4.74. The average Bonchev–Trinajstić information content (AvgIpc) is 3.08. The largest absolute Gasteiger partial charge is 0.490 e. The number of nitrogens with zero attached hydrogens (tertiary/aromatic N) is 1. The lowest BCUT2D eigenvalue weighted by Crippen LogP contribution is -2.10. The van der Waals surface area contributed by atoms with E-state index in [1.807, 2.05) is 95.7 Å². The van der Waals surface area contributed by atoms with Crippen molar-refractivity contribution in [2.24, 2.45) is 0 Å². The van der Waals surface area contributed by atoms with Gasteiger partial charge in [0.1, 0.15) is 0 Å². The Bertz CT molecular complexity index is 1130. The highest BCUT2D eigenvalue weighted by Gasteiger charge is 2.22. The second-order valence-corrected chi connectivity index (χ2v) is 6.66. The lowest BCUT2D eigenvalue weighted by atomic mass is 10.1. The molecule has 4 rings (SSSR count). The number of H-pyrrole nitrogens is 1. The second-order valence-electron chi connectivity index (χ2n) is 6.66. The van der Waals surface area contributed by atoms with Crippen LogP contribution in [0.4, 0.5) is 5.69 Å². The van der Waals surface area contributed by atoms with E-state index in [0.717, 1.165) is 16.5 Å². The lowest BCUT2D eigenvalue weighted by Gasteiger charge is -2.04. The first-order chi connectivity index (χ1) is 13.7. The van der Waals surface area contributed by atoms with E-state index in [9.17, 15) is 9.90 Å². The molecule has 2 N–H and O–H groups in total. The summed E-state index contributed by atoms with van der Waals surface area (Å²) in [5, 5.41) is 11.5. The fourth-order valence-electron chi connectivity index (χ4n) is 3.35. The van der Waals surface area contributed by atoms with Crippen LogP contribution in [0.5, 0.6) is 5.88 Å². The number of benzene rings is 3. The van der Waals surface area contributed by atoms with Crippen molar-refractivity contribution in [3.05, 3.63) is 96.1 Å². The van der Waals surface area contributed by atoms with Gasteiger partial charge in [0.05, 0.1) is 17.3 Å². The van der Waals surface area contributed by atoms with Gasteiger partial charge in [-0.25, -0.2) is 0 Å². The summed E-state index contributed by atoms with van der Waals surface area (Å²) in [4.78, 5) is 15.6. The van der Waals surface area contributed by atoms with E-state index in [2.05, 4.69) is 4.98 Å². The van der Waals surface area contributed by atoms with Crippen molar-refractivity contribution < 1.29 is 14.5 Å². The highest BCUT2D eigenvalue weighted by atomic mass is 16.3. The Morgan fingerprint density at radius 3 is 2.29 bits per heavy atom. The number of para-hydroxylation sites is 1. The normalized spacial score (nSPS) is 11.6. The number of aromatic nitrogens is 1. The minimum Gasteiger partial charge on any atom is -0.490 e. The molecule has 138 valence electrons. The molecule has 0 spiro atoms. The summed E-state index contributed by atoms with van der Waals surface area (Å²) in [6, 6.07) is 27.0. The predicted molar refractivity (Wildman–Crippen MR) is 111 cm³/mol. The summed E-state index contributed by atoms with van der Waals surface area (Å²) < 4.78 is 1.95. The molecular formula is C24H21N2O2+. The van der Waals surface area contributed by atoms with Gasteiger partial charge < -0.3 is 10.1 Å². The van der Waals surface area contributed by atoms with Gasteiger partial charge in [-0.3, -0.25) is 4.79 Å². The molecule has 0 aliphatic carbocycles. The number of carbonyl (C=O) groups is 1. The summed E-state index contributed by atoms with van der Waals surface area (Å²) >= 11 is 0. The van der Waals surface area contributed by atoms with Gasteiger partial charge in [0, 0.05) is 11.1 Å². The molecule has 3 aromatic carbocycles. The number of aromatic amines is 1. The number of nitrogens with one attached hydrogen (secondary N) is 1. The van der Waals surface area contributed by atoms with Gasteiger partial charge in [-0.05, 0) is 12.1 Å². The Kier molecular flexibility index (Phi) is 5.02. The van der Waals surface area contributed by atoms with Crippen LogP contribution < -0.4 is 0 Å². The van der Waals surface area contributed by atoms with Gasteiger partial charge >= 0.3 is 0 Å². The molecule has 0 amide bonds. The van der Waals surface area contributed by atoms with Crippen LogP contribution in [0.15, 0.2) is 84.9 Å². The quantitative estimate of drug-likeness (QED) is 0.283. The number of rotatable bonds is 6. The van der Waals surface area contributed by atoms with E-state index in [0.29, 0.717) is 17.8 Å². The molecule has 0 radical (unpaired) electrons. The maximum absolute atomic E-state index is 12.6. The zero-order valence-corrected chi connectivity index (χ0v) is 15.4. The van der Waals surface area contributed by atoms with Crippen LogP contribution in [0.3, 0.4) is 0 Å². The van der Waals surface area contributed by atoms with Crippen LogP contribution in [0.1, 0.15) is 22.3 Å². The Labute approximate surface area is 163 Å². The van der Waals surface area contributed by atoms with Crippen molar-refractivity contribution >= 4 is 28.6 Å². The number of ketones is 1. The summed E-state index contributed by atoms with van der Waals surface area (Å²) in [6.07, 6.45) is 2.10. The topological polar surface area (TPSA) is 56.1 Å². The van der Waals surface area contributed by atoms with Crippen LogP contribution in [-0.2, 0) is 6.54 Å². The van der Waals surface area contributed by atoms with Gasteiger partial charge in [0.25, 0.3) is 11.6 Å². The highest BCUT2D eigenvalue weighted by Crippen LogP contribution is 2.35. The van der Waals surface area contributed by atoms with Crippen LogP contribution in [0, 0.1) is 0 Å². The minimum atomic E-state index is 0.0398. The molecule has 1 aromatic heterocycles. The van der Waals surface area contributed by atoms with Crippen molar-refractivity contribution in [3.63, 3.8) is 0 Å². The Morgan fingerprint density at radius 2 is 1.54 bits per heavy atom. The van der Waals surface area contributed by atoms with Gasteiger partial charge in [-0.15, -0.1) is 0 Å². The Morgan fingerprint density at radius 1 is 0.893 bits per heavy atom. The zero-order valence-electron chi connectivity index (χ0n) is 15.4. The molecule has 0 aliphatic rings. The number of carbonyl (C=O) groups excluding carboxylic acids is 1. The van der Waals surface area contributed by atoms with Crippen molar-refractivity contribution in [3.8, 4) is 5.88 Å². The first kappa shape index (κ1) is 17.7. The van der Waals surface area contributed by atoms with Crippen molar-refractivity contribution in [1.29, 1.82) is 0 Å². The summed E-state index contributed by atoms with van der Waals surface area (Å²) in [7, 11) is 0. The second kappa shape index (κ2) is 7.92. The summed E-state index contributed by atoms with van der Waals surface area (Å²) in [5.74, 6) is 0.138. The lowest BCUT2D eigenvalue weighted by molar-refractivity contribution is -0.453. The smallest absolute Gasteiger partial charge is 0.275 e. The molecule has 0 atom stereocenters. The molecule has 1 heterocycles. The first-order valence-corrected chi connectivity index (χ1v) is 9.24. The van der Waals surface area contributed by atoms with E-state index in [-0.39, 0.29) is 18.1 Å². The van der Waals surface area contributed by atoms with E-state index < -0.39 is 0 Å². The molecule has 0 bridgehead atoms. The Balaban J connectivity index is 1.73. The number of aromatic hydroxyl groups is 1.